The van der Waals surface area contributed by atoms with Gasteiger partial charge in [-0.1, -0.05) is 28.1 Å². The largest absolute Gasteiger partial charge is 0.465 e. The molecule has 0 aromatic heterocycles. The first-order valence-electron chi connectivity index (χ1n) is 5.96. The monoisotopic (exact) mass is 337 g/mol. The maximum absolute atomic E-state index is 13.5. The molecule has 0 saturated carbocycles. The number of benzene rings is 2. The van der Waals surface area contributed by atoms with Crippen LogP contribution in [0.25, 0.3) is 0 Å². The summed E-state index contributed by atoms with van der Waals surface area (Å²) in [5.74, 6) is -1.28. The summed E-state index contributed by atoms with van der Waals surface area (Å²) in [5.41, 5.74) is 1.65. The average molecular weight is 338 g/mol. The molecule has 0 bridgehead atoms. The van der Waals surface area contributed by atoms with Gasteiger partial charge in [-0.25, -0.2) is 9.18 Å². The molecule has 1 N–H and O–H groups in total. The molecule has 0 aliphatic carbocycles. The topological polar surface area (TPSA) is 38.3 Å². The summed E-state index contributed by atoms with van der Waals surface area (Å²) in [4.78, 5) is 11.4. The van der Waals surface area contributed by atoms with Crippen LogP contribution >= 0.6 is 15.9 Å². The van der Waals surface area contributed by atoms with Crippen molar-refractivity contribution < 1.29 is 13.9 Å². The number of hydrogen-bond donors (Lipinski definition) is 1. The smallest absolute Gasteiger partial charge is 0.340 e. The normalized spacial score (nSPS) is 10.2. The Hall–Kier alpha value is -1.88. The number of halogens is 2. The van der Waals surface area contributed by atoms with E-state index in [-0.39, 0.29) is 5.56 Å². The van der Waals surface area contributed by atoms with Crippen LogP contribution in [-0.4, -0.2) is 13.1 Å². The molecule has 104 valence electrons. The molecule has 0 radical (unpaired) electrons. The highest BCUT2D eigenvalue weighted by atomic mass is 79.9. The molecular weight excluding hydrogens is 325 g/mol. The molecule has 0 atom stereocenters. The van der Waals surface area contributed by atoms with Crippen LogP contribution in [0.5, 0.6) is 0 Å². The third-order valence-corrected chi connectivity index (χ3v) is 3.25. The number of rotatable bonds is 4. The van der Waals surface area contributed by atoms with Crippen molar-refractivity contribution in [1.29, 1.82) is 0 Å². The summed E-state index contributed by atoms with van der Waals surface area (Å²) in [6.07, 6.45) is 0. The Balaban J connectivity index is 2.12. The van der Waals surface area contributed by atoms with E-state index >= 15 is 0 Å². The molecule has 0 saturated heterocycles. The van der Waals surface area contributed by atoms with E-state index < -0.39 is 11.8 Å². The van der Waals surface area contributed by atoms with Gasteiger partial charge in [-0.2, -0.15) is 0 Å². The van der Waals surface area contributed by atoms with Crippen LogP contribution in [0.15, 0.2) is 46.9 Å². The third kappa shape index (κ3) is 3.57. The zero-order valence-electron chi connectivity index (χ0n) is 10.8. The second-order valence-corrected chi connectivity index (χ2v) is 5.09. The first kappa shape index (κ1) is 14.5. The van der Waals surface area contributed by atoms with Crippen LogP contribution in [0.4, 0.5) is 10.1 Å². The van der Waals surface area contributed by atoms with E-state index in [0.717, 1.165) is 10.0 Å². The molecule has 0 fully saturated rings. The van der Waals surface area contributed by atoms with Gasteiger partial charge in [0.15, 0.2) is 0 Å². The third-order valence-electron chi connectivity index (χ3n) is 2.76. The zero-order chi connectivity index (χ0) is 14.5. The van der Waals surface area contributed by atoms with Gasteiger partial charge in [0.2, 0.25) is 0 Å². The SMILES string of the molecule is COC(=O)c1cc(NCc2cccc(Br)c2)ccc1F. The second-order valence-electron chi connectivity index (χ2n) is 4.17. The van der Waals surface area contributed by atoms with E-state index in [1.807, 2.05) is 24.3 Å². The summed E-state index contributed by atoms with van der Waals surface area (Å²) < 4.78 is 19.0. The predicted octanol–water partition coefficient (Wildman–Crippen LogP) is 3.99. The molecular formula is C15H13BrFNO2. The van der Waals surface area contributed by atoms with E-state index in [1.165, 1.54) is 19.2 Å². The number of ether oxygens (including phenoxy) is 1. The van der Waals surface area contributed by atoms with Crippen LogP contribution < -0.4 is 5.32 Å². The molecule has 2 rings (SSSR count). The van der Waals surface area contributed by atoms with Crippen LogP contribution in [-0.2, 0) is 11.3 Å². The van der Waals surface area contributed by atoms with Crippen molar-refractivity contribution in [3.05, 3.63) is 63.9 Å². The quantitative estimate of drug-likeness (QED) is 0.857. The zero-order valence-corrected chi connectivity index (χ0v) is 12.4. The molecule has 0 heterocycles. The van der Waals surface area contributed by atoms with E-state index in [9.17, 15) is 9.18 Å². The van der Waals surface area contributed by atoms with Crippen molar-refractivity contribution >= 4 is 27.6 Å². The fourth-order valence-electron chi connectivity index (χ4n) is 1.75. The minimum Gasteiger partial charge on any atom is -0.465 e. The fraction of sp³-hybridized carbons (Fsp3) is 0.133. The predicted molar refractivity (Wildman–Crippen MR) is 79.2 cm³/mol. The molecule has 20 heavy (non-hydrogen) atoms. The van der Waals surface area contributed by atoms with Crippen LogP contribution in [0, 0.1) is 5.82 Å². The Morgan fingerprint density at radius 3 is 2.80 bits per heavy atom. The van der Waals surface area contributed by atoms with Crippen molar-refractivity contribution in [2.24, 2.45) is 0 Å². The minimum atomic E-state index is -0.686. The summed E-state index contributed by atoms with van der Waals surface area (Å²) in [6, 6.07) is 12.1. The lowest BCUT2D eigenvalue weighted by Gasteiger charge is -2.09. The highest BCUT2D eigenvalue weighted by Crippen LogP contribution is 2.17. The van der Waals surface area contributed by atoms with Gasteiger partial charge in [0.05, 0.1) is 12.7 Å². The van der Waals surface area contributed by atoms with E-state index in [4.69, 9.17) is 0 Å². The lowest BCUT2D eigenvalue weighted by atomic mass is 10.1. The van der Waals surface area contributed by atoms with Crippen LogP contribution in [0.1, 0.15) is 15.9 Å². The summed E-state index contributed by atoms with van der Waals surface area (Å²) >= 11 is 3.40. The summed E-state index contributed by atoms with van der Waals surface area (Å²) in [5, 5.41) is 3.14. The van der Waals surface area contributed by atoms with Crippen LogP contribution in [0.2, 0.25) is 0 Å². The van der Waals surface area contributed by atoms with Gasteiger partial charge in [-0.05, 0) is 35.9 Å². The van der Waals surface area contributed by atoms with Gasteiger partial charge in [0.1, 0.15) is 5.82 Å². The molecule has 0 spiro atoms. The van der Waals surface area contributed by atoms with Crippen molar-refractivity contribution in [3.63, 3.8) is 0 Å². The molecule has 5 heteroatoms. The highest BCUT2D eigenvalue weighted by Gasteiger charge is 2.12. The second kappa shape index (κ2) is 6.52. The first-order valence-corrected chi connectivity index (χ1v) is 6.75. The molecule has 2 aromatic carbocycles. The van der Waals surface area contributed by atoms with E-state index in [1.54, 1.807) is 6.07 Å². The van der Waals surface area contributed by atoms with Crippen molar-refractivity contribution in [1.82, 2.24) is 0 Å². The van der Waals surface area contributed by atoms with Gasteiger partial charge >= 0.3 is 5.97 Å². The first-order chi connectivity index (χ1) is 9.60. The van der Waals surface area contributed by atoms with Gasteiger partial charge in [0, 0.05) is 16.7 Å². The van der Waals surface area contributed by atoms with Crippen molar-refractivity contribution in [3.8, 4) is 0 Å². The van der Waals surface area contributed by atoms with E-state index in [0.29, 0.717) is 12.2 Å². The van der Waals surface area contributed by atoms with Gasteiger partial charge < -0.3 is 10.1 Å². The standard InChI is InChI=1S/C15H13BrFNO2/c1-20-15(19)13-8-12(5-6-14(13)17)18-9-10-3-2-4-11(16)7-10/h2-8,18H,9H2,1H3. The number of esters is 1. The molecule has 0 aliphatic heterocycles. The molecule has 0 unspecified atom stereocenters. The fourth-order valence-corrected chi connectivity index (χ4v) is 2.20. The number of hydrogen-bond acceptors (Lipinski definition) is 3. The Kier molecular flexibility index (Phi) is 4.74. The Bertz CT molecular complexity index is 631. The van der Waals surface area contributed by atoms with Gasteiger partial charge in [-0.15, -0.1) is 0 Å². The molecule has 2 aromatic rings. The van der Waals surface area contributed by atoms with Gasteiger partial charge in [0.25, 0.3) is 0 Å². The maximum Gasteiger partial charge on any atom is 0.340 e. The lowest BCUT2D eigenvalue weighted by Crippen LogP contribution is -2.06. The van der Waals surface area contributed by atoms with Gasteiger partial charge in [-0.3, -0.25) is 0 Å². The Morgan fingerprint density at radius 1 is 1.30 bits per heavy atom. The highest BCUT2D eigenvalue weighted by molar-refractivity contribution is 9.10. The van der Waals surface area contributed by atoms with Crippen LogP contribution in [0.3, 0.4) is 0 Å². The number of carbonyl (C=O) groups excluding carboxylic acids is 1. The number of nitrogens with one attached hydrogen (secondary N) is 1. The Morgan fingerprint density at radius 2 is 2.10 bits per heavy atom. The molecule has 3 nitrogen and oxygen atoms in total. The average Bonchev–Trinajstić information content (AvgIpc) is 2.45. The molecule has 0 aliphatic rings. The summed E-state index contributed by atoms with van der Waals surface area (Å²) in [7, 11) is 1.23. The van der Waals surface area contributed by atoms with Crippen molar-refractivity contribution in [2.75, 3.05) is 12.4 Å². The summed E-state index contributed by atoms with van der Waals surface area (Å²) in [6.45, 7) is 0.575. The Labute approximate surface area is 124 Å². The lowest BCUT2D eigenvalue weighted by molar-refractivity contribution is 0.0595. The minimum absolute atomic E-state index is 0.0771. The maximum atomic E-state index is 13.5. The number of carbonyl (C=O) groups is 1. The number of anilines is 1. The van der Waals surface area contributed by atoms with Crippen molar-refractivity contribution in [2.45, 2.75) is 6.54 Å². The molecule has 0 amide bonds. The van der Waals surface area contributed by atoms with E-state index in [2.05, 4.69) is 26.0 Å². The number of methoxy groups -OCH3 is 1.